The van der Waals surface area contributed by atoms with Crippen LogP contribution in [0, 0.1) is 0 Å². The average molecular weight is 400 g/mol. The standard InChI is InChI=1S/C20H23BClN3O3/c1-24(27-2)20(26)15-6-7-16(17(22)12-15)13-28-19-5-3-4-18(23-19)14-8-10-25(21)11-9-14/h3-7,12,14H,8-11,13H2,1-2H3. The van der Waals surface area contributed by atoms with Gasteiger partial charge in [-0.2, -0.15) is 0 Å². The number of hydroxylamine groups is 2. The second-order valence-corrected chi connectivity index (χ2v) is 7.20. The van der Waals surface area contributed by atoms with Crippen LogP contribution in [0.1, 0.15) is 40.4 Å². The normalized spacial score (nSPS) is 15.4. The van der Waals surface area contributed by atoms with Gasteiger partial charge in [0, 0.05) is 40.9 Å². The zero-order valence-electron chi connectivity index (χ0n) is 16.1. The Morgan fingerprint density at radius 1 is 1.32 bits per heavy atom. The molecule has 1 aliphatic heterocycles. The number of carbonyl (C=O) groups excluding carboxylic acids is 1. The minimum Gasteiger partial charge on any atom is -0.473 e. The molecule has 1 fully saturated rings. The second kappa shape index (κ2) is 9.41. The molecular formula is C20H23BClN3O3. The average Bonchev–Trinajstić information content (AvgIpc) is 2.72. The van der Waals surface area contributed by atoms with Crippen LogP contribution in [0.2, 0.25) is 5.02 Å². The Kier molecular flexibility index (Phi) is 6.94. The van der Waals surface area contributed by atoms with Crippen molar-refractivity contribution in [2.24, 2.45) is 0 Å². The molecule has 8 heteroatoms. The van der Waals surface area contributed by atoms with Gasteiger partial charge in [0.2, 0.25) is 5.88 Å². The lowest BCUT2D eigenvalue weighted by molar-refractivity contribution is -0.0757. The molecule has 0 saturated carbocycles. The molecule has 0 aliphatic carbocycles. The lowest BCUT2D eigenvalue weighted by atomic mass is 9.92. The molecule has 0 atom stereocenters. The highest BCUT2D eigenvalue weighted by molar-refractivity contribution is 6.31. The summed E-state index contributed by atoms with van der Waals surface area (Å²) in [6, 6.07) is 10.9. The molecule has 0 N–H and O–H groups in total. The number of hydrogen-bond acceptors (Lipinski definition) is 5. The molecule has 1 aliphatic rings. The van der Waals surface area contributed by atoms with Crippen LogP contribution < -0.4 is 4.74 Å². The van der Waals surface area contributed by atoms with Crippen LogP contribution in [-0.2, 0) is 11.4 Å². The van der Waals surface area contributed by atoms with Crippen molar-refractivity contribution in [1.82, 2.24) is 14.9 Å². The third-order valence-electron chi connectivity index (χ3n) is 4.93. The number of pyridine rings is 1. The number of rotatable bonds is 6. The highest BCUT2D eigenvalue weighted by atomic mass is 35.5. The third kappa shape index (κ3) is 5.04. The van der Waals surface area contributed by atoms with Crippen LogP contribution in [0.4, 0.5) is 0 Å². The molecule has 2 radical (unpaired) electrons. The first-order valence-corrected chi connectivity index (χ1v) is 9.55. The Morgan fingerprint density at radius 2 is 2.07 bits per heavy atom. The maximum absolute atomic E-state index is 12.1. The highest BCUT2D eigenvalue weighted by Crippen LogP contribution is 2.27. The Bertz CT molecular complexity index is 828. The van der Waals surface area contributed by atoms with Crippen molar-refractivity contribution in [3.05, 3.63) is 58.2 Å². The van der Waals surface area contributed by atoms with Crippen LogP contribution in [0.15, 0.2) is 36.4 Å². The molecule has 0 bridgehead atoms. The molecule has 1 amide bonds. The second-order valence-electron chi connectivity index (χ2n) is 6.79. The van der Waals surface area contributed by atoms with E-state index in [4.69, 9.17) is 29.2 Å². The summed E-state index contributed by atoms with van der Waals surface area (Å²) >= 11 is 6.33. The van der Waals surface area contributed by atoms with E-state index in [-0.39, 0.29) is 12.5 Å². The van der Waals surface area contributed by atoms with Gasteiger partial charge in [0.15, 0.2) is 7.98 Å². The van der Waals surface area contributed by atoms with Crippen molar-refractivity contribution >= 4 is 25.5 Å². The third-order valence-corrected chi connectivity index (χ3v) is 5.28. The van der Waals surface area contributed by atoms with Crippen LogP contribution in [0.25, 0.3) is 0 Å². The summed E-state index contributed by atoms with van der Waals surface area (Å²) in [6.07, 6.45) is 1.98. The Morgan fingerprint density at radius 3 is 2.75 bits per heavy atom. The van der Waals surface area contributed by atoms with Gasteiger partial charge in [-0.05, 0) is 44.1 Å². The van der Waals surface area contributed by atoms with Crippen molar-refractivity contribution in [2.45, 2.75) is 25.4 Å². The molecular weight excluding hydrogens is 377 g/mol. The molecule has 3 rings (SSSR count). The van der Waals surface area contributed by atoms with Gasteiger partial charge in [-0.1, -0.05) is 23.7 Å². The molecule has 1 aromatic heterocycles. The van der Waals surface area contributed by atoms with Crippen LogP contribution in [-0.4, -0.2) is 56.0 Å². The van der Waals surface area contributed by atoms with E-state index in [0.717, 1.165) is 42.3 Å². The van der Waals surface area contributed by atoms with Crippen molar-refractivity contribution in [3.63, 3.8) is 0 Å². The van der Waals surface area contributed by atoms with Crippen molar-refractivity contribution < 1.29 is 14.4 Å². The molecule has 146 valence electrons. The number of aromatic nitrogens is 1. The fraction of sp³-hybridized carbons (Fsp3) is 0.400. The van der Waals surface area contributed by atoms with Crippen molar-refractivity contribution in [2.75, 3.05) is 27.2 Å². The van der Waals surface area contributed by atoms with Crippen molar-refractivity contribution in [1.29, 1.82) is 0 Å². The lowest BCUT2D eigenvalue weighted by Gasteiger charge is -2.29. The van der Waals surface area contributed by atoms with Gasteiger partial charge in [0.1, 0.15) is 6.61 Å². The summed E-state index contributed by atoms with van der Waals surface area (Å²) in [5.74, 6) is 0.688. The first kappa shape index (κ1) is 20.6. The maximum Gasteiger partial charge on any atom is 0.277 e. The van der Waals surface area contributed by atoms with Gasteiger partial charge in [0.25, 0.3) is 5.91 Å². The minimum atomic E-state index is -0.269. The molecule has 2 aromatic rings. The number of nitrogens with zero attached hydrogens (tertiary/aromatic N) is 3. The predicted molar refractivity (Wildman–Crippen MR) is 108 cm³/mol. The van der Waals surface area contributed by atoms with E-state index < -0.39 is 0 Å². The number of ether oxygens (including phenoxy) is 1. The number of hydrogen-bond donors (Lipinski definition) is 0. The molecule has 1 aromatic carbocycles. The smallest absolute Gasteiger partial charge is 0.277 e. The largest absolute Gasteiger partial charge is 0.473 e. The summed E-state index contributed by atoms with van der Waals surface area (Å²) in [5, 5.41) is 1.61. The van der Waals surface area contributed by atoms with Gasteiger partial charge in [-0.25, -0.2) is 10.0 Å². The number of amides is 1. The van der Waals surface area contributed by atoms with E-state index in [1.165, 1.54) is 7.11 Å². The number of halogens is 1. The summed E-state index contributed by atoms with van der Waals surface area (Å²) in [4.78, 5) is 23.5. The molecule has 28 heavy (non-hydrogen) atoms. The quantitative estimate of drug-likeness (QED) is 0.551. The van der Waals surface area contributed by atoms with E-state index in [9.17, 15) is 4.79 Å². The summed E-state index contributed by atoms with van der Waals surface area (Å²) < 4.78 is 5.84. The van der Waals surface area contributed by atoms with E-state index in [2.05, 4.69) is 4.98 Å². The van der Waals surface area contributed by atoms with Crippen molar-refractivity contribution in [3.8, 4) is 5.88 Å². The number of carbonyl (C=O) groups is 1. The van der Waals surface area contributed by atoms with Crippen LogP contribution in [0.5, 0.6) is 5.88 Å². The molecule has 0 spiro atoms. The molecule has 6 nitrogen and oxygen atoms in total. The topological polar surface area (TPSA) is 54.9 Å². The molecule has 0 unspecified atom stereocenters. The molecule has 1 saturated heterocycles. The monoisotopic (exact) mass is 399 g/mol. The number of piperidine rings is 1. The van der Waals surface area contributed by atoms with Gasteiger partial charge < -0.3 is 9.55 Å². The summed E-state index contributed by atoms with van der Waals surface area (Å²) in [7, 11) is 8.81. The first-order chi connectivity index (χ1) is 13.5. The summed E-state index contributed by atoms with van der Waals surface area (Å²) in [5.41, 5.74) is 2.26. The summed E-state index contributed by atoms with van der Waals surface area (Å²) in [6.45, 7) is 2.01. The van der Waals surface area contributed by atoms with Crippen LogP contribution in [0.3, 0.4) is 0 Å². The number of benzene rings is 1. The zero-order valence-corrected chi connectivity index (χ0v) is 16.9. The SMILES string of the molecule is [B]N1CCC(c2cccc(OCc3ccc(C(=O)N(C)OC)cc3Cl)n2)CC1. The minimum absolute atomic E-state index is 0.269. The fourth-order valence-electron chi connectivity index (χ4n) is 3.15. The highest BCUT2D eigenvalue weighted by Gasteiger charge is 2.19. The van der Waals surface area contributed by atoms with E-state index in [1.807, 2.05) is 23.0 Å². The fourth-order valence-corrected chi connectivity index (χ4v) is 3.38. The van der Waals surface area contributed by atoms with Gasteiger partial charge in [-0.15, -0.1) is 0 Å². The van der Waals surface area contributed by atoms with Gasteiger partial charge in [0.05, 0.1) is 7.11 Å². The van der Waals surface area contributed by atoms with E-state index in [1.54, 1.807) is 25.2 Å². The van der Waals surface area contributed by atoms with E-state index in [0.29, 0.717) is 22.4 Å². The predicted octanol–water partition coefficient (Wildman–Crippen LogP) is 3.21. The lowest BCUT2D eigenvalue weighted by Crippen LogP contribution is -2.30. The first-order valence-electron chi connectivity index (χ1n) is 9.18. The van der Waals surface area contributed by atoms with Gasteiger partial charge >= 0.3 is 0 Å². The Labute approximate surface area is 171 Å². The Hall–Kier alpha value is -2.09. The van der Waals surface area contributed by atoms with E-state index >= 15 is 0 Å². The van der Waals surface area contributed by atoms with Crippen LogP contribution >= 0.6 is 11.6 Å². The Balaban J connectivity index is 1.64. The van der Waals surface area contributed by atoms with Gasteiger partial charge in [-0.3, -0.25) is 9.63 Å². The molecule has 2 heterocycles. The zero-order chi connectivity index (χ0) is 20.1. The maximum atomic E-state index is 12.1.